The van der Waals surface area contributed by atoms with Gasteiger partial charge in [-0.05, 0) is 72.5 Å². The highest BCUT2D eigenvalue weighted by molar-refractivity contribution is 14.1. The zero-order valence-corrected chi connectivity index (χ0v) is 12.5. The van der Waals surface area contributed by atoms with Crippen LogP contribution >= 0.6 is 22.6 Å². The third-order valence-corrected chi connectivity index (χ3v) is 4.99. The molecule has 0 amide bonds. The van der Waals surface area contributed by atoms with E-state index in [1.807, 2.05) is 0 Å². The number of benzene rings is 1. The van der Waals surface area contributed by atoms with Crippen molar-refractivity contribution in [2.75, 3.05) is 11.9 Å². The van der Waals surface area contributed by atoms with E-state index in [2.05, 4.69) is 53.0 Å². The van der Waals surface area contributed by atoms with E-state index in [9.17, 15) is 0 Å². The fraction of sp³-hybridized carbons (Fsp3) is 0.571. The van der Waals surface area contributed by atoms with Crippen molar-refractivity contribution in [2.45, 2.75) is 38.6 Å². The second-order valence-corrected chi connectivity index (χ2v) is 6.11. The molecule has 2 unspecified atom stereocenters. The molecule has 0 radical (unpaired) electrons. The van der Waals surface area contributed by atoms with Crippen LogP contribution in [0.3, 0.4) is 0 Å². The maximum atomic E-state index is 5.87. The Balaban J connectivity index is 2.11. The molecule has 0 aliphatic heterocycles. The van der Waals surface area contributed by atoms with Gasteiger partial charge in [-0.2, -0.15) is 0 Å². The first kappa shape index (κ1) is 13.1. The predicted molar refractivity (Wildman–Crippen MR) is 82.3 cm³/mol. The lowest BCUT2D eigenvalue weighted by molar-refractivity contribution is 0.332. The van der Waals surface area contributed by atoms with Crippen LogP contribution in [0.25, 0.3) is 0 Å². The molecule has 1 fully saturated rings. The minimum atomic E-state index is 0.561. The van der Waals surface area contributed by atoms with Gasteiger partial charge in [0.2, 0.25) is 0 Å². The Morgan fingerprint density at radius 1 is 1.35 bits per heavy atom. The van der Waals surface area contributed by atoms with Gasteiger partial charge in [0, 0.05) is 15.3 Å². The van der Waals surface area contributed by atoms with Crippen LogP contribution in [0.2, 0.25) is 0 Å². The van der Waals surface area contributed by atoms with Crippen molar-refractivity contribution < 1.29 is 0 Å². The van der Waals surface area contributed by atoms with Crippen LogP contribution < -0.4 is 11.1 Å². The van der Waals surface area contributed by atoms with Crippen molar-refractivity contribution in [1.29, 1.82) is 0 Å². The van der Waals surface area contributed by atoms with E-state index in [1.54, 1.807) is 0 Å². The first-order valence-electron chi connectivity index (χ1n) is 6.44. The summed E-state index contributed by atoms with van der Waals surface area (Å²) in [4.78, 5) is 0. The maximum absolute atomic E-state index is 5.87. The molecule has 0 spiro atoms. The Kier molecular flexibility index (Phi) is 4.68. The fourth-order valence-corrected chi connectivity index (χ4v) is 3.14. The van der Waals surface area contributed by atoms with Gasteiger partial charge in [-0.3, -0.25) is 0 Å². The zero-order valence-electron chi connectivity index (χ0n) is 10.4. The van der Waals surface area contributed by atoms with Gasteiger partial charge in [0.25, 0.3) is 0 Å². The van der Waals surface area contributed by atoms with Gasteiger partial charge in [0.1, 0.15) is 0 Å². The largest absolute Gasteiger partial charge is 0.382 e. The second-order valence-electron chi connectivity index (χ2n) is 4.94. The molecule has 0 heterocycles. The highest BCUT2D eigenvalue weighted by Crippen LogP contribution is 2.28. The lowest BCUT2D eigenvalue weighted by Crippen LogP contribution is -2.36. The zero-order chi connectivity index (χ0) is 12.3. The van der Waals surface area contributed by atoms with Crippen LogP contribution in [0, 0.1) is 16.4 Å². The molecule has 3 N–H and O–H groups in total. The van der Waals surface area contributed by atoms with Gasteiger partial charge < -0.3 is 11.1 Å². The first-order valence-corrected chi connectivity index (χ1v) is 7.52. The van der Waals surface area contributed by atoms with Crippen LogP contribution in [0.15, 0.2) is 18.2 Å². The molecule has 1 aromatic rings. The summed E-state index contributed by atoms with van der Waals surface area (Å²) in [5.74, 6) is 0.640. The summed E-state index contributed by atoms with van der Waals surface area (Å²) in [6, 6.07) is 7.02. The molecule has 1 aliphatic carbocycles. The highest BCUT2D eigenvalue weighted by atomic mass is 127. The number of rotatable bonds is 3. The molecule has 1 aromatic carbocycles. The van der Waals surface area contributed by atoms with Gasteiger partial charge in [-0.15, -0.1) is 0 Å². The molecular weight excluding hydrogens is 323 g/mol. The topological polar surface area (TPSA) is 38.0 Å². The number of halogens is 1. The summed E-state index contributed by atoms with van der Waals surface area (Å²) in [6.07, 6.45) is 5.20. The molecule has 1 saturated carbocycles. The lowest BCUT2D eigenvalue weighted by atomic mass is 9.84. The summed E-state index contributed by atoms with van der Waals surface area (Å²) in [5, 5.41) is 3.71. The van der Waals surface area contributed by atoms with E-state index in [-0.39, 0.29) is 0 Å². The average Bonchev–Trinajstić information content (AvgIpc) is 2.35. The molecule has 2 rings (SSSR count). The van der Waals surface area contributed by atoms with Gasteiger partial charge in [-0.1, -0.05) is 18.9 Å². The fourth-order valence-electron chi connectivity index (χ4n) is 2.64. The van der Waals surface area contributed by atoms with Gasteiger partial charge in [0.15, 0.2) is 0 Å². The first-order chi connectivity index (χ1) is 8.22. The number of hydrogen-bond acceptors (Lipinski definition) is 2. The maximum Gasteiger partial charge on any atom is 0.0382 e. The summed E-state index contributed by atoms with van der Waals surface area (Å²) in [6.45, 7) is 2.99. The minimum Gasteiger partial charge on any atom is -0.382 e. The Bertz CT molecular complexity index is 378. The van der Waals surface area contributed by atoms with E-state index in [4.69, 9.17) is 5.73 Å². The molecule has 0 aromatic heterocycles. The molecule has 2 nitrogen and oxygen atoms in total. The van der Waals surface area contributed by atoms with Crippen LogP contribution in [0.4, 0.5) is 5.69 Å². The average molecular weight is 344 g/mol. The molecule has 0 bridgehead atoms. The van der Waals surface area contributed by atoms with E-state index in [0.29, 0.717) is 12.0 Å². The van der Waals surface area contributed by atoms with E-state index >= 15 is 0 Å². The molecule has 17 heavy (non-hydrogen) atoms. The van der Waals surface area contributed by atoms with Crippen molar-refractivity contribution in [3.63, 3.8) is 0 Å². The molecular formula is C14H21IN2. The minimum absolute atomic E-state index is 0.561. The molecule has 3 heteroatoms. The Hall–Kier alpha value is -0.290. The normalized spacial score (nSPS) is 24.6. The highest BCUT2D eigenvalue weighted by Gasteiger charge is 2.24. The van der Waals surface area contributed by atoms with Crippen LogP contribution in [-0.2, 0) is 0 Å². The summed E-state index contributed by atoms with van der Waals surface area (Å²) in [7, 11) is 0. The SMILES string of the molecule is Cc1c(I)cccc1NC1CCCCC1CN. The van der Waals surface area contributed by atoms with Gasteiger partial charge in [-0.25, -0.2) is 0 Å². The van der Waals surface area contributed by atoms with Crippen molar-refractivity contribution in [3.05, 3.63) is 27.3 Å². The number of hydrogen-bond donors (Lipinski definition) is 2. The summed E-state index contributed by atoms with van der Waals surface area (Å²) < 4.78 is 1.33. The number of nitrogens with one attached hydrogen (secondary N) is 1. The monoisotopic (exact) mass is 344 g/mol. The van der Waals surface area contributed by atoms with Crippen LogP contribution in [0.5, 0.6) is 0 Å². The Morgan fingerprint density at radius 3 is 2.88 bits per heavy atom. The Labute approximate surface area is 117 Å². The quantitative estimate of drug-likeness (QED) is 0.824. The smallest absolute Gasteiger partial charge is 0.0382 e. The van der Waals surface area contributed by atoms with Crippen molar-refractivity contribution in [3.8, 4) is 0 Å². The summed E-state index contributed by atoms with van der Waals surface area (Å²) >= 11 is 2.39. The Morgan fingerprint density at radius 2 is 2.12 bits per heavy atom. The molecule has 1 aliphatic rings. The second kappa shape index (κ2) is 6.05. The molecule has 0 saturated heterocycles. The molecule has 2 atom stereocenters. The lowest BCUT2D eigenvalue weighted by Gasteiger charge is -2.32. The van der Waals surface area contributed by atoms with Crippen molar-refractivity contribution in [1.82, 2.24) is 0 Å². The van der Waals surface area contributed by atoms with E-state index < -0.39 is 0 Å². The van der Waals surface area contributed by atoms with E-state index in [1.165, 1.54) is 40.5 Å². The predicted octanol–water partition coefficient (Wildman–Crippen LogP) is 3.53. The van der Waals surface area contributed by atoms with Gasteiger partial charge in [0.05, 0.1) is 0 Å². The van der Waals surface area contributed by atoms with Crippen molar-refractivity contribution >= 4 is 28.3 Å². The van der Waals surface area contributed by atoms with Gasteiger partial charge >= 0.3 is 0 Å². The summed E-state index contributed by atoms with van der Waals surface area (Å²) in [5.41, 5.74) is 8.51. The van der Waals surface area contributed by atoms with Crippen molar-refractivity contribution in [2.24, 2.45) is 11.7 Å². The third-order valence-electron chi connectivity index (χ3n) is 3.82. The van der Waals surface area contributed by atoms with Crippen LogP contribution in [-0.4, -0.2) is 12.6 Å². The third kappa shape index (κ3) is 3.13. The number of nitrogens with two attached hydrogens (primary N) is 1. The standard InChI is InChI=1S/C14H21IN2/c1-10-12(15)6-4-8-13(10)17-14-7-3-2-5-11(14)9-16/h4,6,8,11,14,17H,2-3,5,7,9,16H2,1H3. The number of anilines is 1. The van der Waals surface area contributed by atoms with Crippen LogP contribution in [0.1, 0.15) is 31.2 Å². The molecule has 94 valence electrons. The van der Waals surface area contributed by atoms with E-state index in [0.717, 1.165) is 6.54 Å².